The summed E-state index contributed by atoms with van der Waals surface area (Å²) in [6.45, 7) is 0.821. The molecule has 0 aliphatic heterocycles. The minimum absolute atomic E-state index is 0.280. The van der Waals surface area contributed by atoms with Gasteiger partial charge in [-0.05, 0) is 38.9 Å². The van der Waals surface area contributed by atoms with Crippen LogP contribution in [0.2, 0.25) is 0 Å². The molecule has 0 heterocycles. The number of nitrogens with two attached hydrogens (primary N) is 1. The fourth-order valence-electron chi connectivity index (χ4n) is 3.01. The minimum atomic E-state index is -0.821. The van der Waals surface area contributed by atoms with E-state index >= 15 is 0 Å². The number of benzene rings is 1. The molecule has 0 spiro atoms. The van der Waals surface area contributed by atoms with Crippen molar-refractivity contribution in [2.75, 3.05) is 13.6 Å². The molecule has 1 aliphatic carbocycles. The van der Waals surface area contributed by atoms with E-state index in [1.54, 1.807) is 6.07 Å². The van der Waals surface area contributed by atoms with Crippen LogP contribution in [0, 0.1) is 11.6 Å². The molecule has 0 saturated heterocycles. The summed E-state index contributed by atoms with van der Waals surface area (Å²) in [6.07, 6.45) is 7.03. The highest BCUT2D eigenvalue weighted by atomic mass is 19.2. The average molecular weight is 282 g/mol. The molecule has 1 aliphatic rings. The molecule has 4 heteroatoms. The van der Waals surface area contributed by atoms with Crippen molar-refractivity contribution in [1.29, 1.82) is 0 Å². The van der Waals surface area contributed by atoms with Crippen LogP contribution < -0.4 is 5.73 Å². The van der Waals surface area contributed by atoms with Crippen molar-refractivity contribution in [2.24, 2.45) is 5.73 Å². The molecule has 0 bridgehead atoms. The molecule has 2 nitrogen and oxygen atoms in total. The van der Waals surface area contributed by atoms with E-state index in [1.807, 2.05) is 0 Å². The zero-order chi connectivity index (χ0) is 14.5. The van der Waals surface area contributed by atoms with Crippen LogP contribution >= 0.6 is 0 Å². The summed E-state index contributed by atoms with van der Waals surface area (Å²) in [6, 6.07) is 4.38. The topological polar surface area (TPSA) is 29.3 Å². The number of hydrogen-bond donors (Lipinski definition) is 1. The van der Waals surface area contributed by atoms with Gasteiger partial charge >= 0.3 is 0 Å². The SMILES string of the molecule is CN(CCC(N)c1cccc(F)c1F)C1CCCCC1. The first-order valence-corrected chi connectivity index (χ1v) is 7.49. The summed E-state index contributed by atoms with van der Waals surface area (Å²) in [7, 11) is 2.10. The molecule has 1 aromatic rings. The van der Waals surface area contributed by atoms with Crippen molar-refractivity contribution in [3.8, 4) is 0 Å². The molecule has 1 unspecified atom stereocenters. The first-order valence-electron chi connectivity index (χ1n) is 7.49. The fraction of sp³-hybridized carbons (Fsp3) is 0.625. The quantitative estimate of drug-likeness (QED) is 0.893. The Morgan fingerprint density at radius 3 is 2.65 bits per heavy atom. The average Bonchev–Trinajstić information content (AvgIpc) is 2.48. The van der Waals surface area contributed by atoms with E-state index in [-0.39, 0.29) is 5.56 Å². The zero-order valence-electron chi connectivity index (χ0n) is 12.1. The molecule has 0 aromatic heterocycles. The zero-order valence-corrected chi connectivity index (χ0v) is 12.1. The van der Waals surface area contributed by atoms with E-state index in [0.29, 0.717) is 12.5 Å². The minimum Gasteiger partial charge on any atom is -0.324 e. The van der Waals surface area contributed by atoms with E-state index in [4.69, 9.17) is 5.73 Å². The summed E-state index contributed by atoms with van der Waals surface area (Å²) in [5.74, 6) is -1.63. The van der Waals surface area contributed by atoms with Crippen LogP contribution in [-0.4, -0.2) is 24.5 Å². The Morgan fingerprint density at radius 2 is 1.95 bits per heavy atom. The smallest absolute Gasteiger partial charge is 0.163 e. The molecular weight excluding hydrogens is 258 g/mol. The highest BCUT2D eigenvalue weighted by molar-refractivity contribution is 5.22. The van der Waals surface area contributed by atoms with Crippen LogP contribution in [0.15, 0.2) is 18.2 Å². The van der Waals surface area contributed by atoms with Crippen LogP contribution in [0.4, 0.5) is 8.78 Å². The van der Waals surface area contributed by atoms with Gasteiger partial charge in [-0.15, -0.1) is 0 Å². The molecular formula is C16H24F2N2. The standard InChI is InChI=1S/C16H24F2N2/c1-20(12-6-3-2-4-7-12)11-10-15(19)13-8-5-9-14(17)16(13)18/h5,8-9,12,15H,2-4,6-7,10-11,19H2,1H3. The molecule has 2 rings (SSSR count). The van der Waals surface area contributed by atoms with Gasteiger partial charge in [0.1, 0.15) is 0 Å². The maximum Gasteiger partial charge on any atom is 0.163 e. The third kappa shape index (κ3) is 3.76. The first kappa shape index (κ1) is 15.4. The van der Waals surface area contributed by atoms with Gasteiger partial charge in [-0.25, -0.2) is 8.78 Å². The van der Waals surface area contributed by atoms with Gasteiger partial charge in [-0.2, -0.15) is 0 Å². The lowest BCUT2D eigenvalue weighted by atomic mass is 9.94. The first-order chi connectivity index (χ1) is 9.59. The number of hydrogen-bond acceptors (Lipinski definition) is 2. The Morgan fingerprint density at radius 1 is 1.25 bits per heavy atom. The molecule has 1 fully saturated rings. The predicted octanol–water partition coefficient (Wildman–Crippen LogP) is 3.62. The number of halogens is 2. The second-order valence-corrected chi connectivity index (χ2v) is 5.81. The molecule has 1 atom stereocenters. The van der Waals surface area contributed by atoms with Crippen molar-refractivity contribution in [3.05, 3.63) is 35.4 Å². The van der Waals surface area contributed by atoms with Gasteiger partial charge < -0.3 is 10.6 Å². The summed E-state index contributed by atoms with van der Waals surface area (Å²) in [5, 5.41) is 0. The Labute approximate surface area is 120 Å². The van der Waals surface area contributed by atoms with Crippen LogP contribution in [0.3, 0.4) is 0 Å². The van der Waals surface area contributed by atoms with Crippen LogP contribution in [-0.2, 0) is 0 Å². The maximum atomic E-state index is 13.7. The number of rotatable bonds is 5. The summed E-state index contributed by atoms with van der Waals surface area (Å²) < 4.78 is 26.9. The van der Waals surface area contributed by atoms with Gasteiger partial charge in [0.25, 0.3) is 0 Å². The van der Waals surface area contributed by atoms with Crippen LogP contribution in [0.5, 0.6) is 0 Å². The van der Waals surface area contributed by atoms with E-state index in [0.717, 1.165) is 12.6 Å². The van der Waals surface area contributed by atoms with E-state index in [2.05, 4.69) is 11.9 Å². The Kier molecular flexibility index (Phi) is 5.49. The number of nitrogens with zero attached hydrogens (tertiary/aromatic N) is 1. The summed E-state index contributed by atoms with van der Waals surface area (Å²) >= 11 is 0. The summed E-state index contributed by atoms with van der Waals surface area (Å²) in [5.41, 5.74) is 6.29. The van der Waals surface area contributed by atoms with Crippen molar-refractivity contribution >= 4 is 0 Å². The Hall–Kier alpha value is -1.00. The molecule has 1 aromatic carbocycles. The second kappa shape index (κ2) is 7.14. The van der Waals surface area contributed by atoms with Crippen molar-refractivity contribution in [2.45, 2.75) is 50.6 Å². The van der Waals surface area contributed by atoms with Gasteiger partial charge in [0.2, 0.25) is 0 Å². The molecule has 0 radical (unpaired) electrons. The van der Waals surface area contributed by atoms with Gasteiger partial charge in [0, 0.05) is 17.6 Å². The normalized spacial score (nSPS) is 18.4. The van der Waals surface area contributed by atoms with E-state index in [9.17, 15) is 8.78 Å². The highest BCUT2D eigenvalue weighted by Crippen LogP contribution is 2.24. The lowest BCUT2D eigenvalue weighted by Crippen LogP contribution is -2.35. The Balaban J connectivity index is 1.88. The maximum absolute atomic E-state index is 13.7. The highest BCUT2D eigenvalue weighted by Gasteiger charge is 2.20. The third-order valence-electron chi connectivity index (χ3n) is 4.37. The van der Waals surface area contributed by atoms with Gasteiger partial charge in [-0.3, -0.25) is 0 Å². The molecule has 2 N–H and O–H groups in total. The van der Waals surface area contributed by atoms with Crippen molar-refractivity contribution in [3.63, 3.8) is 0 Å². The molecule has 0 amide bonds. The van der Waals surface area contributed by atoms with E-state index in [1.165, 1.54) is 38.2 Å². The Bertz CT molecular complexity index is 430. The lowest BCUT2D eigenvalue weighted by molar-refractivity contribution is 0.186. The van der Waals surface area contributed by atoms with Crippen molar-refractivity contribution in [1.82, 2.24) is 4.90 Å². The van der Waals surface area contributed by atoms with Gasteiger partial charge in [-0.1, -0.05) is 31.4 Å². The monoisotopic (exact) mass is 282 g/mol. The van der Waals surface area contributed by atoms with E-state index < -0.39 is 17.7 Å². The summed E-state index contributed by atoms with van der Waals surface area (Å²) in [4.78, 5) is 2.32. The second-order valence-electron chi connectivity index (χ2n) is 5.81. The van der Waals surface area contributed by atoms with Crippen LogP contribution in [0.25, 0.3) is 0 Å². The van der Waals surface area contributed by atoms with Crippen LogP contribution in [0.1, 0.15) is 50.1 Å². The molecule has 1 saturated carbocycles. The fourth-order valence-corrected chi connectivity index (χ4v) is 3.01. The van der Waals surface area contributed by atoms with Crippen molar-refractivity contribution < 1.29 is 8.78 Å². The largest absolute Gasteiger partial charge is 0.324 e. The molecule has 20 heavy (non-hydrogen) atoms. The predicted molar refractivity (Wildman–Crippen MR) is 77.4 cm³/mol. The third-order valence-corrected chi connectivity index (χ3v) is 4.37. The molecule has 112 valence electrons. The lowest BCUT2D eigenvalue weighted by Gasteiger charge is -2.31. The van der Waals surface area contributed by atoms with Gasteiger partial charge in [0.15, 0.2) is 11.6 Å². The van der Waals surface area contributed by atoms with Gasteiger partial charge in [0.05, 0.1) is 0 Å².